The lowest BCUT2D eigenvalue weighted by Crippen LogP contribution is -2.03. The Morgan fingerprint density at radius 3 is 2.95 bits per heavy atom. The van der Waals surface area contributed by atoms with Crippen molar-refractivity contribution in [2.45, 2.75) is 12.8 Å². The number of halogens is 1. The summed E-state index contributed by atoms with van der Waals surface area (Å²) in [6, 6.07) is 11.9. The van der Waals surface area contributed by atoms with Crippen LogP contribution in [0, 0.1) is 0 Å². The minimum Gasteiger partial charge on any atom is -0.497 e. The maximum atomic E-state index is 5.82. The topological polar surface area (TPSA) is 34.1 Å². The summed E-state index contributed by atoms with van der Waals surface area (Å²) in [5.74, 6) is 0.909. The molecule has 0 saturated heterocycles. The number of benzene rings is 1. The molecule has 1 N–H and O–H groups in total. The number of rotatable bonds is 6. The van der Waals surface area contributed by atoms with Gasteiger partial charge in [-0.05, 0) is 42.7 Å². The molecule has 100 valence electrons. The van der Waals surface area contributed by atoms with E-state index in [0.29, 0.717) is 5.15 Å². The highest BCUT2D eigenvalue weighted by Crippen LogP contribution is 2.15. The SMILES string of the molecule is COc1cccc(CCCNc2ccnc(Cl)c2)c1. The van der Waals surface area contributed by atoms with Gasteiger partial charge >= 0.3 is 0 Å². The van der Waals surface area contributed by atoms with Crippen LogP contribution in [0.25, 0.3) is 0 Å². The summed E-state index contributed by atoms with van der Waals surface area (Å²) in [5.41, 5.74) is 2.29. The van der Waals surface area contributed by atoms with Gasteiger partial charge in [0.1, 0.15) is 10.9 Å². The number of aryl methyl sites for hydroxylation is 1. The average molecular weight is 277 g/mol. The molecule has 0 fully saturated rings. The minimum absolute atomic E-state index is 0.512. The van der Waals surface area contributed by atoms with Crippen molar-refractivity contribution < 1.29 is 4.74 Å². The Labute approximate surface area is 118 Å². The molecule has 1 aromatic heterocycles. The molecule has 0 unspecified atom stereocenters. The molecule has 0 amide bonds. The molecule has 0 aliphatic carbocycles. The third-order valence-electron chi connectivity index (χ3n) is 2.83. The van der Waals surface area contributed by atoms with Gasteiger partial charge in [0.25, 0.3) is 0 Å². The molecule has 2 aromatic rings. The zero-order valence-corrected chi connectivity index (χ0v) is 11.7. The number of nitrogens with one attached hydrogen (secondary N) is 1. The van der Waals surface area contributed by atoms with Crippen LogP contribution >= 0.6 is 11.6 Å². The first-order valence-electron chi connectivity index (χ1n) is 6.26. The van der Waals surface area contributed by atoms with Crippen molar-refractivity contribution in [3.8, 4) is 5.75 Å². The summed E-state index contributed by atoms with van der Waals surface area (Å²) in [6.45, 7) is 0.900. The first kappa shape index (κ1) is 13.7. The number of aromatic nitrogens is 1. The molecule has 0 spiro atoms. The highest BCUT2D eigenvalue weighted by atomic mass is 35.5. The van der Waals surface area contributed by atoms with Crippen molar-refractivity contribution >= 4 is 17.3 Å². The van der Waals surface area contributed by atoms with E-state index >= 15 is 0 Å². The van der Waals surface area contributed by atoms with Crippen molar-refractivity contribution in [1.29, 1.82) is 0 Å². The quantitative estimate of drug-likeness (QED) is 0.644. The predicted octanol–water partition coefficient (Wildman–Crippen LogP) is 3.79. The molecule has 1 heterocycles. The van der Waals surface area contributed by atoms with Gasteiger partial charge in [-0.1, -0.05) is 23.7 Å². The van der Waals surface area contributed by atoms with Gasteiger partial charge in [-0.3, -0.25) is 0 Å². The summed E-state index contributed by atoms with van der Waals surface area (Å²) in [5, 5.41) is 3.84. The average Bonchev–Trinajstić information content (AvgIpc) is 2.44. The molecule has 3 nitrogen and oxygen atoms in total. The van der Waals surface area contributed by atoms with Gasteiger partial charge in [-0.25, -0.2) is 4.98 Å². The maximum Gasteiger partial charge on any atom is 0.131 e. The Morgan fingerprint density at radius 2 is 2.16 bits per heavy atom. The normalized spacial score (nSPS) is 10.2. The maximum absolute atomic E-state index is 5.82. The predicted molar refractivity (Wildman–Crippen MR) is 79.1 cm³/mol. The van der Waals surface area contributed by atoms with Crippen LogP contribution < -0.4 is 10.1 Å². The smallest absolute Gasteiger partial charge is 0.131 e. The van der Waals surface area contributed by atoms with E-state index in [0.717, 1.165) is 30.8 Å². The lowest BCUT2D eigenvalue weighted by atomic mass is 10.1. The van der Waals surface area contributed by atoms with Crippen molar-refractivity contribution in [3.05, 3.63) is 53.3 Å². The number of hydrogen-bond acceptors (Lipinski definition) is 3. The van der Waals surface area contributed by atoms with Gasteiger partial charge in [0, 0.05) is 18.4 Å². The van der Waals surface area contributed by atoms with E-state index in [-0.39, 0.29) is 0 Å². The molecular formula is C15H17ClN2O. The standard InChI is InChI=1S/C15H17ClN2O/c1-19-14-6-2-4-12(10-14)5-3-8-17-13-7-9-18-15(16)11-13/h2,4,6-7,9-11H,3,5,8H2,1H3,(H,17,18). The van der Waals surface area contributed by atoms with Crippen LogP contribution in [-0.2, 0) is 6.42 Å². The molecule has 0 aliphatic rings. The van der Waals surface area contributed by atoms with E-state index in [2.05, 4.69) is 22.4 Å². The summed E-state index contributed by atoms with van der Waals surface area (Å²) in [4.78, 5) is 3.95. The van der Waals surface area contributed by atoms with E-state index in [1.54, 1.807) is 13.3 Å². The molecule has 2 rings (SSSR count). The van der Waals surface area contributed by atoms with Gasteiger partial charge in [0.15, 0.2) is 0 Å². The molecule has 0 atom stereocenters. The molecule has 19 heavy (non-hydrogen) atoms. The van der Waals surface area contributed by atoms with Gasteiger partial charge in [0.2, 0.25) is 0 Å². The van der Waals surface area contributed by atoms with Crippen LogP contribution in [0.5, 0.6) is 5.75 Å². The Kier molecular flexibility index (Phi) is 5.04. The fourth-order valence-corrected chi connectivity index (χ4v) is 2.04. The highest BCUT2D eigenvalue weighted by Gasteiger charge is 1.97. The number of methoxy groups -OCH3 is 1. The van der Waals surface area contributed by atoms with E-state index in [1.165, 1.54) is 5.56 Å². The largest absolute Gasteiger partial charge is 0.497 e. The second-order valence-electron chi connectivity index (χ2n) is 4.25. The first-order chi connectivity index (χ1) is 9.28. The van der Waals surface area contributed by atoms with Crippen molar-refractivity contribution in [1.82, 2.24) is 4.98 Å². The van der Waals surface area contributed by atoms with E-state index in [1.807, 2.05) is 24.3 Å². The summed E-state index contributed by atoms with van der Waals surface area (Å²) in [6.07, 6.45) is 3.77. The van der Waals surface area contributed by atoms with E-state index in [4.69, 9.17) is 16.3 Å². The number of anilines is 1. The third-order valence-corrected chi connectivity index (χ3v) is 3.04. The molecular weight excluding hydrogens is 260 g/mol. The summed E-state index contributed by atoms with van der Waals surface area (Å²) >= 11 is 5.82. The summed E-state index contributed by atoms with van der Waals surface area (Å²) < 4.78 is 5.21. The van der Waals surface area contributed by atoms with Crippen LogP contribution in [0.15, 0.2) is 42.6 Å². The van der Waals surface area contributed by atoms with Crippen molar-refractivity contribution in [2.24, 2.45) is 0 Å². The molecule has 1 aromatic carbocycles. The van der Waals surface area contributed by atoms with Gasteiger partial charge < -0.3 is 10.1 Å². The molecule has 0 aliphatic heterocycles. The third kappa shape index (κ3) is 4.45. The first-order valence-corrected chi connectivity index (χ1v) is 6.64. The number of pyridine rings is 1. The molecule has 0 bridgehead atoms. The second-order valence-corrected chi connectivity index (χ2v) is 4.64. The Balaban J connectivity index is 1.77. The number of ether oxygens (including phenoxy) is 1. The van der Waals surface area contributed by atoms with Crippen LogP contribution in [0.2, 0.25) is 5.15 Å². The number of nitrogens with zero attached hydrogens (tertiary/aromatic N) is 1. The van der Waals surface area contributed by atoms with Crippen LogP contribution in [0.1, 0.15) is 12.0 Å². The fraction of sp³-hybridized carbons (Fsp3) is 0.267. The molecule has 0 radical (unpaired) electrons. The Morgan fingerprint density at radius 1 is 1.26 bits per heavy atom. The number of hydrogen-bond donors (Lipinski definition) is 1. The minimum atomic E-state index is 0.512. The van der Waals surface area contributed by atoms with Gasteiger partial charge in [-0.15, -0.1) is 0 Å². The lowest BCUT2D eigenvalue weighted by molar-refractivity contribution is 0.414. The van der Waals surface area contributed by atoms with Crippen LogP contribution in [-0.4, -0.2) is 18.6 Å². The summed E-state index contributed by atoms with van der Waals surface area (Å²) in [7, 11) is 1.69. The molecule has 0 saturated carbocycles. The lowest BCUT2D eigenvalue weighted by Gasteiger charge is -2.07. The van der Waals surface area contributed by atoms with Gasteiger partial charge in [-0.2, -0.15) is 0 Å². The zero-order valence-electron chi connectivity index (χ0n) is 10.9. The zero-order chi connectivity index (χ0) is 13.5. The van der Waals surface area contributed by atoms with E-state index in [9.17, 15) is 0 Å². The fourth-order valence-electron chi connectivity index (χ4n) is 1.87. The van der Waals surface area contributed by atoms with Crippen molar-refractivity contribution in [2.75, 3.05) is 19.0 Å². The Bertz CT molecular complexity index is 531. The molecule has 4 heteroatoms. The highest BCUT2D eigenvalue weighted by molar-refractivity contribution is 6.29. The van der Waals surface area contributed by atoms with Gasteiger partial charge in [0.05, 0.1) is 7.11 Å². The van der Waals surface area contributed by atoms with Crippen LogP contribution in [0.4, 0.5) is 5.69 Å². The van der Waals surface area contributed by atoms with E-state index < -0.39 is 0 Å². The van der Waals surface area contributed by atoms with Crippen LogP contribution in [0.3, 0.4) is 0 Å². The monoisotopic (exact) mass is 276 g/mol. The second kappa shape index (κ2) is 7.00. The Hall–Kier alpha value is -1.74. The van der Waals surface area contributed by atoms with Crippen molar-refractivity contribution in [3.63, 3.8) is 0 Å².